The predicted octanol–water partition coefficient (Wildman–Crippen LogP) is 1.88. The zero-order valence-electron chi connectivity index (χ0n) is 8.43. The third kappa shape index (κ3) is 4.98. The summed E-state index contributed by atoms with van der Waals surface area (Å²) >= 11 is 3.29. The zero-order valence-corrected chi connectivity index (χ0v) is 10.8. The standard InChI is InChI=1S/C8H18BrNO2S/c1-8(2,3)13(11,12)10-7-5-4-6-9/h10H,4-7H2,1-3H3. The first-order valence-electron chi connectivity index (χ1n) is 4.36. The molecule has 1 N–H and O–H groups in total. The number of nitrogens with one attached hydrogen (secondary N) is 1. The lowest BCUT2D eigenvalue weighted by Gasteiger charge is -2.19. The van der Waals surface area contributed by atoms with Gasteiger partial charge in [-0.25, -0.2) is 13.1 Å². The van der Waals surface area contributed by atoms with Crippen molar-refractivity contribution in [3.05, 3.63) is 0 Å². The Kier molecular flexibility index (Phi) is 5.47. The van der Waals surface area contributed by atoms with E-state index in [4.69, 9.17) is 0 Å². The molecule has 0 radical (unpaired) electrons. The Bertz CT molecular complexity index is 231. The minimum Gasteiger partial charge on any atom is -0.215 e. The van der Waals surface area contributed by atoms with Gasteiger partial charge >= 0.3 is 0 Å². The summed E-state index contributed by atoms with van der Waals surface area (Å²) < 4.78 is 24.9. The Morgan fingerprint density at radius 1 is 1.23 bits per heavy atom. The van der Waals surface area contributed by atoms with Gasteiger partial charge < -0.3 is 0 Å². The van der Waals surface area contributed by atoms with Gasteiger partial charge in [-0.1, -0.05) is 15.9 Å². The van der Waals surface area contributed by atoms with Crippen LogP contribution in [0.3, 0.4) is 0 Å². The summed E-state index contributed by atoms with van der Waals surface area (Å²) in [7, 11) is -3.14. The normalized spacial score (nSPS) is 13.2. The van der Waals surface area contributed by atoms with Gasteiger partial charge in [0.1, 0.15) is 0 Å². The van der Waals surface area contributed by atoms with Crippen molar-refractivity contribution in [3.63, 3.8) is 0 Å². The fourth-order valence-corrected chi connectivity index (χ4v) is 1.89. The van der Waals surface area contributed by atoms with Crippen molar-refractivity contribution in [1.29, 1.82) is 0 Å². The van der Waals surface area contributed by atoms with Crippen molar-refractivity contribution >= 4 is 26.0 Å². The molecule has 0 aliphatic rings. The van der Waals surface area contributed by atoms with E-state index in [-0.39, 0.29) is 0 Å². The lowest BCUT2D eigenvalue weighted by molar-refractivity contribution is 0.542. The first-order valence-corrected chi connectivity index (χ1v) is 6.97. The van der Waals surface area contributed by atoms with Crippen LogP contribution in [0.2, 0.25) is 0 Å². The number of halogens is 1. The van der Waals surface area contributed by atoms with E-state index in [0.717, 1.165) is 18.2 Å². The van der Waals surface area contributed by atoms with E-state index in [2.05, 4.69) is 20.7 Å². The molecule has 13 heavy (non-hydrogen) atoms. The van der Waals surface area contributed by atoms with Gasteiger partial charge in [0, 0.05) is 11.9 Å². The Morgan fingerprint density at radius 3 is 2.15 bits per heavy atom. The maximum Gasteiger partial charge on any atom is 0.216 e. The molecule has 0 saturated carbocycles. The van der Waals surface area contributed by atoms with Gasteiger partial charge in [-0.15, -0.1) is 0 Å². The molecule has 3 nitrogen and oxygen atoms in total. The molecule has 0 unspecified atom stereocenters. The van der Waals surface area contributed by atoms with Crippen LogP contribution in [0.1, 0.15) is 33.6 Å². The highest BCUT2D eigenvalue weighted by Crippen LogP contribution is 2.12. The second kappa shape index (κ2) is 5.32. The summed E-state index contributed by atoms with van der Waals surface area (Å²) in [6, 6.07) is 0. The summed E-state index contributed by atoms with van der Waals surface area (Å²) in [5, 5.41) is 0.921. The van der Waals surface area contributed by atoms with Crippen LogP contribution in [0.4, 0.5) is 0 Å². The fourth-order valence-electron chi connectivity index (χ4n) is 0.643. The lowest BCUT2D eigenvalue weighted by atomic mass is 10.3. The highest BCUT2D eigenvalue weighted by atomic mass is 79.9. The molecule has 80 valence electrons. The van der Waals surface area contributed by atoms with Gasteiger partial charge in [0.2, 0.25) is 10.0 Å². The van der Waals surface area contributed by atoms with Gasteiger partial charge in [0.15, 0.2) is 0 Å². The highest BCUT2D eigenvalue weighted by molar-refractivity contribution is 9.09. The molecular weight excluding hydrogens is 254 g/mol. The van der Waals surface area contributed by atoms with Crippen LogP contribution < -0.4 is 4.72 Å². The maximum atomic E-state index is 11.5. The Labute approximate surface area is 89.5 Å². The van der Waals surface area contributed by atoms with Crippen molar-refractivity contribution < 1.29 is 8.42 Å². The molecule has 0 heterocycles. The minimum absolute atomic E-state index is 0.533. The minimum atomic E-state index is -3.14. The van der Waals surface area contributed by atoms with Crippen molar-refractivity contribution in [1.82, 2.24) is 4.72 Å². The van der Waals surface area contributed by atoms with E-state index in [1.54, 1.807) is 20.8 Å². The number of hydrogen-bond donors (Lipinski definition) is 1. The van der Waals surface area contributed by atoms with Crippen LogP contribution >= 0.6 is 15.9 Å². The van der Waals surface area contributed by atoms with Crippen LogP contribution in [-0.2, 0) is 10.0 Å². The molecule has 0 saturated heterocycles. The molecule has 0 aliphatic heterocycles. The topological polar surface area (TPSA) is 46.2 Å². The van der Waals surface area contributed by atoms with E-state index in [9.17, 15) is 8.42 Å². The summed E-state index contributed by atoms with van der Waals surface area (Å²) in [5.74, 6) is 0. The molecule has 5 heteroatoms. The summed E-state index contributed by atoms with van der Waals surface area (Å²) in [6.07, 6.45) is 1.87. The van der Waals surface area contributed by atoms with Crippen LogP contribution in [0.5, 0.6) is 0 Å². The largest absolute Gasteiger partial charge is 0.216 e. The molecule has 0 rings (SSSR count). The van der Waals surface area contributed by atoms with Crippen molar-refractivity contribution in [3.8, 4) is 0 Å². The third-order valence-corrected chi connectivity index (χ3v) is 4.42. The van der Waals surface area contributed by atoms with Crippen molar-refractivity contribution in [2.75, 3.05) is 11.9 Å². The Balaban J connectivity index is 3.92. The number of alkyl halides is 1. The Hall–Kier alpha value is 0.390. The predicted molar refractivity (Wildman–Crippen MR) is 59.7 cm³/mol. The Morgan fingerprint density at radius 2 is 1.77 bits per heavy atom. The SMILES string of the molecule is CC(C)(C)S(=O)(=O)NCCCCBr. The van der Waals surface area contributed by atoms with Gasteiger partial charge in [-0.2, -0.15) is 0 Å². The van der Waals surface area contributed by atoms with Crippen LogP contribution in [0.25, 0.3) is 0 Å². The van der Waals surface area contributed by atoms with Gasteiger partial charge in [0.05, 0.1) is 4.75 Å². The van der Waals surface area contributed by atoms with Crippen LogP contribution in [-0.4, -0.2) is 25.0 Å². The van der Waals surface area contributed by atoms with Gasteiger partial charge in [-0.05, 0) is 33.6 Å². The molecule has 0 amide bonds. The molecule has 0 aromatic heterocycles. The van der Waals surface area contributed by atoms with E-state index < -0.39 is 14.8 Å². The molecule has 0 aromatic carbocycles. The molecule has 0 aromatic rings. The fraction of sp³-hybridized carbons (Fsp3) is 1.00. The summed E-state index contributed by atoms with van der Waals surface area (Å²) in [6.45, 7) is 5.62. The first-order chi connectivity index (χ1) is 5.81. The van der Waals surface area contributed by atoms with Crippen molar-refractivity contribution in [2.24, 2.45) is 0 Å². The number of sulfonamides is 1. The zero-order chi connectivity index (χ0) is 10.5. The monoisotopic (exact) mass is 271 g/mol. The molecule has 0 atom stereocenters. The van der Waals surface area contributed by atoms with Crippen LogP contribution in [0.15, 0.2) is 0 Å². The number of unbranched alkanes of at least 4 members (excludes halogenated alkanes) is 1. The third-order valence-electron chi connectivity index (χ3n) is 1.66. The average Bonchev–Trinajstić information content (AvgIpc) is 1.96. The molecular formula is C8H18BrNO2S. The lowest BCUT2D eigenvalue weighted by Crippen LogP contribution is -2.39. The van der Waals surface area contributed by atoms with Gasteiger partial charge in [-0.3, -0.25) is 0 Å². The van der Waals surface area contributed by atoms with Gasteiger partial charge in [0.25, 0.3) is 0 Å². The smallest absolute Gasteiger partial charge is 0.215 e. The summed E-state index contributed by atoms with van der Waals surface area (Å²) in [5.41, 5.74) is 0. The molecule has 0 fully saturated rings. The second-order valence-electron chi connectivity index (χ2n) is 3.91. The molecule has 0 aliphatic carbocycles. The average molecular weight is 272 g/mol. The van der Waals surface area contributed by atoms with E-state index in [0.29, 0.717) is 6.54 Å². The van der Waals surface area contributed by atoms with E-state index >= 15 is 0 Å². The van der Waals surface area contributed by atoms with Crippen molar-refractivity contribution in [2.45, 2.75) is 38.4 Å². The highest BCUT2D eigenvalue weighted by Gasteiger charge is 2.27. The number of rotatable bonds is 5. The van der Waals surface area contributed by atoms with E-state index in [1.165, 1.54) is 0 Å². The number of hydrogen-bond acceptors (Lipinski definition) is 2. The van der Waals surface area contributed by atoms with Crippen LogP contribution in [0, 0.1) is 0 Å². The summed E-state index contributed by atoms with van der Waals surface area (Å²) in [4.78, 5) is 0. The van der Waals surface area contributed by atoms with E-state index in [1.807, 2.05) is 0 Å². The molecule has 0 bridgehead atoms. The second-order valence-corrected chi connectivity index (χ2v) is 7.22. The maximum absolute atomic E-state index is 11.5. The first kappa shape index (κ1) is 13.4. The quantitative estimate of drug-likeness (QED) is 0.613. The molecule has 0 spiro atoms.